The van der Waals surface area contributed by atoms with Gasteiger partial charge in [-0.3, -0.25) is 4.79 Å². The van der Waals surface area contributed by atoms with Crippen molar-refractivity contribution < 1.29 is 27.9 Å². The Labute approximate surface area is 248 Å². The fraction of sp³-hybridized carbons (Fsp3) is 0.419. The molecule has 5 N–H and O–H groups in total. The van der Waals surface area contributed by atoms with Crippen LogP contribution in [0.1, 0.15) is 38.7 Å². The van der Waals surface area contributed by atoms with Crippen LogP contribution in [0.15, 0.2) is 71.6 Å². The van der Waals surface area contributed by atoms with Crippen LogP contribution >= 0.6 is 0 Å². The van der Waals surface area contributed by atoms with Gasteiger partial charge in [0.05, 0.1) is 18.6 Å². The number of nitrogen functional groups attached to an aromatic ring is 1. The highest BCUT2D eigenvalue weighted by Crippen LogP contribution is 2.23. The number of anilines is 1. The Morgan fingerprint density at radius 2 is 1.69 bits per heavy atom. The van der Waals surface area contributed by atoms with Crippen LogP contribution < -0.4 is 16.4 Å². The fourth-order valence-electron chi connectivity index (χ4n) is 4.76. The number of fused-ring (bicyclic) bond motifs is 1. The second-order valence-electron chi connectivity index (χ2n) is 10.7. The van der Waals surface area contributed by atoms with Gasteiger partial charge < -0.3 is 26.2 Å². The minimum absolute atomic E-state index is 0.0451. The molecule has 11 heteroatoms. The lowest BCUT2D eigenvalue weighted by Gasteiger charge is -2.31. The predicted octanol–water partition coefficient (Wildman–Crippen LogP) is 3.68. The molecule has 2 amide bonds. The molecular formula is C31H42N4O6S. The molecule has 3 rings (SSSR count). The van der Waals surface area contributed by atoms with E-state index in [0.717, 1.165) is 16.3 Å². The van der Waals surface area contributed by atoms with Gasteiger partial charge >= 0.3 is 6.09 Å². The van der Waals surface area contributed by atoms with Crippen molar-refractivity contribution in [3.63, 3.8) is 0 Å². The molecule has 10 nitrogen and oxygen atoms in total. The molecule has 0 aliphatic heterocycles. The van der Waals surface area contributed by atoms with Crippen LogP contribution in [0.5, 0.6) is 0 Å². The molecule has 0 bridgehead atoms. The average molecular weight is 599 g/mol. The second kappa shape index (κ2) is 15.5. The number of nitrogens with two attached hydrogens (primary N) is 1. The topological polar surface area (TPSA) is 151 Å². The Bertz CT molecular complexity index is 1430. The van der Waals surface area contributed by atoms with E-state index in [-0.39, 0.29) is 36.3 Å². The van der Waals surface area contributed by atoms with Crippen molar-refractivity contribution in [2.45, 2.75) is 56.5 Å². The smallest absolute Gasteiger partial charge is 0.407 e. The van der Waals surface area contributed by atoms with Gasteiger partial charge in [0.1, 0.15) is 6.04 Å². The SMILES string of the molecule is COC(=O)N[C@@H](Cc1ccc2ccccc2c1)C(=O)NCCCCC(CO)N(CC(C)C)S(=O)(=O)c1ccc(N)cc1. The van der Waals surface area contributed by atoms with E-state index in [9.17, 15) is 23.1 Å². The number of unbranched alkanes of at least 4 members (excludes halogenated alkanes) is 1. The number of hydrogen-bond donors (Lipinski definition) is 4. The summed E-state index contributed by atoms with van der Waals surface area (Å²) in [7, 11) is -2.61. The lowest BCUT2D eigenvalue weighted by Crippen LogP contribution is -2.48. The number of hydrogen-bond acceptors (Lipinski definition) is 7. The summed E-state index contributed by atoms with van der Waals surface area (Å²) in [5, 5.41) is 17.7. The van der Waals surface area contributed by atoms with Crippen molar-refractivity contribution in [2.24, 2.45) is 5.92 Å². The number of sulfonamides is 1. The van der Waals surface area contributed by atoms with Gasteiger partial charge in [0.2, 0.25) is 15.9 Å². The maximum Gasteiger partial charge on any atom is 0.407 e. The largest absolute Gasteiger partial charge is 0.453 e. The van der Waals surface area contributed by atoms with Gasteiger partial charge in [-0.25, -0.2) is 13.2 Å². The van der Waals surface area contributed by atoms with Crippen molar-refractivity contribution in [2.75, 3.05) is 32.5 Å². The van der Waals surface area contributed by atoms with Gasteiger partial charge in [0.25, 0.3) is 0 Å². The number of carbonyl (C=O) groups excluding carboxylic acids is 2. The van der Waals surface area contributed by atoms with E-state index in [2.05, 4.69) is 10.6 Å². The molecule has 1 unspecified atom stereocenters. The van der Waals surface area contributed by atoms with Crippen molar-refractivity contribution in [3.05, 3.63) is 72.3 Å². The number of aliphatic hydroxyl groups excluding tert-OH is 1. The number of alkyl carbamates (subject to hydrolysis) is 1. The van der Waals surface area contributed by atoms with Crippen LogP contribution in [0.4, 0.5) is 10.5 Å². The summed E-state index contributed by atoms with van der Waals surface area (Å²) in [5.74, 6) is -0.302. The number of ether oxygens (including phenoxy) is 1. The monoisotopic (exact) mass is 598 g/mol. The molecular weight excluding hydrogens is 556 g/mol. The first-order valence-corrected chi connectivity index (χ1v) is 15.6. The van der Waals surface area contributed by atoms with Crippen LogP contribution in [0.3, 0.4) is 0 Å². The zero-order valence-electron chi connectivity index (χ0n) is 24.5. The standard InChI is InChI=1S/C31H42N4O6S/c1-22(2)20-35(42(39,40)28-15-13-26(32)14-16-28)27(21-36)10-6-7-17-33-30(37)29(34-31(38)41-3)19-23-11-12-24-8-4-5-9-25(24)18-23/h4-5,8-9,11-16,18,22,27,29,36H,6-7,10,17,19-21,32H2,1-3H3,(H,33,37)(H,34,38)/t27?,29-/m0/s1. The molecule has 0 spiro atoms. The third-order valence-electron chi connectivity index (χ3n) is 6.96. The summed E-state index contributed by atoms with van der Waals surface area (Å²) in [6.45, 7) is 4.09. The first-order chi connectivity index (χ1) is 20.0. The molecule has 0 radical (unpaired) electrons. The minimum Gasteiger partial charge on any atom is -0.453 e. The number of carbonyl (C=O) groups is 2. The van der Waals surface area contributed by atoms with E-state index in [1.54, 1.807) is 12.1 Å². The summed E-state index contributed by atoms with van der Waals surface area (Å²) in [6.07, 6.45) is 1.12. The van der Waals surface area contributed by atoms with Gasteiger partial charge in [-0.1, -0.05) is 62.7 Å². The summed E-state index contributed by atoms with van der Waals surface area (Å²) in [4.78, 5) is 25.1. The minimum atomic E-state index is -3.85. The molecule has 3 aromatic rings. The molecule has 228 valence electrons. The summed E-state index contributed by atoms with van der Waals surface area (Å²) in [6, 6.07) is 18.4. The Kier molecular flexibility index (Phi) is 12.1. The summed E-state index contributed by atoms with van der Waals surface area (Å²) < 4.78 is 33.0. The van der Waals surface area contributed by atoms with Gasteiger partial charge in [-0.05, 0) is 59.4 Å². The van der Waals surface area contributed by atoms with Gasteiger partial charge in [0, 0.05) is 31.2 Å². The lowest BCUT2D eigenvalue weighted by molar-refractivity contribution is -0.123. The third-order valence-corrected chi connectivity index (χ3v) is 8.89. The number of benzene rings is 3. The Balaban J connectivity index is 1.59. The van der Waals surface area contributed by atoms with E-state index in [1.807, 2.05) is 56.3 Å². The van der Waals surface area contributed by atoms with Crippen LogP contribution in [0.25, 0.3) is 10.8 Å². The third kappa shape index (κ3) is 9.17. The predicted molar refractivity (Wildman–Crippen MR) is 164 cm³/mol. The zero-order valence-corrected chi connectivity index (χ0v) is 25.3. The van der Waals surface area contributed by atoms with Crippen LogP contribution in [0, 0.1) is 5.92 Å². The van der Waals surface area contributed by atoms with Crippen molar-refractivity contribution in [1.29, 1.82) is 0 Å². The second-order valence-corrected chi connectivity index (χ2v) is 12.6. The number of rotatable bonds is 15. The van der Waals surface area contributed by atoms with E-state index in [4.69, 9.17) is 10.5 Å². The first-order valence-electron chi connectivity index (χ1n) is 14.1. The quantitative estimate of drug-likeness (QED) is 0.154. The molecule has 0 aliphatic carbocycles. The Morgan fingerprint density at radius 1 is 1.00 bits per heavy atom. The van der Waals surface area contributed by atoms with Gasteiger partial charge in [-0.15, -0.1) is 0 Å². The highest BCUT2D eigenvalue weighted by atomic mass is 32.2. The Hall–Kier alpha value is -3.67. The average Bonchev–Trinajstić information content (AvgIpc) is 2.97. The molecule has 0 heterocycles. The van der Waals surface area contributed by atoms with Crippen molar-refractivity contribution >= 4 is 38.5 Å². The molecule has 0 aliphatic rings. The molecule has 3 aromatic carbocycles. The van der Waals surface area contributed by atoms with Crippen molar-refractivity contribution in [1.82, 2.24) is 14.9 Å². The number of amides is 2. The highest BCUT2D eigenvalue weighted by molar-refractivity contribution is 7.89. The fourth-order valence-corrected chi connectivity index (χ4v) is 6.57. The number of aliphatic hydroxyl groups is 1. The molecule has 0 saturated heterocycles. The first kappa shape index (κ1) is 32.8. The van der Waals surface area contributed by atoms with E-state index < -0.39 is 28.2 Å². The normalized spacial score (nSPS) is 13.2. The van der Waals surface area contributed by atoms with Crippen molar-refractivity contribution in [3.8, 4) is 0 Å². The van der Waals surface area contributed by atoms with Crippen LogP contribution in [0.2, 0.25) is 0 Å². The summed E-state index contributed by atoms with van der Waals surface area (Å²) >= 11 is 0. The maximum absolute atomic E-state index is 13.4. The Morgan fingerprint density at radius 3 is 2.33 bits per heavy atom. The number of methoxy groups -OCH3 is 1. The van der Waals surface area contributed by atoms with Gasteiger partial charge in [-0.2, -0.15) is 4.31 Å². The maximum atomic E-state index is 13.4. The van der Waals surface area contributed by atoms with E-state index in [0.29, 0.717) is 31.5 Å². The van der Waals surface area contributed by atoms with Crippen LogP contribution in [-0.4, -0.2) is 68.7 Å². The molecule has 2 atom stereocenters. The lowest BCUT2D eigenvalue weighted by atomic mass is 10.0. The van der Waals surface area contributed by atoms with Gasteiger partial charge in [0.15, 0.2) is 0 Å². The number of nitrogens with one attached hydrogen (secondary N) is 2. The molecule has 42 heavy (non-hydrogen) atoms. The molecule has 0 aromatic heterocycles. The molecule has 0 fully saturated rings. The van der Waals surface area contributed by atoms with E-state index >= 15 is 0 Å². The summed E-state index contributed by atoms with van der Waals surface area (Å²) in [5.41, 5.74) is 7.09. The number of nitrogens with zero attached hydrogens (tertiary/aromatic N) is 1. The van der Waals surface area contributed by atoms with Crippen LogP contribution in [-0.2, 0) is 26.0 Å². The molecule has 0 saturated carbocycles. The highest BCUT2D eigenvalue weighted by Gasteiger charge is 2.31. The zero-order chi connectivity index (χ0) is 30.7. The van der Waals surface area contributed by atoms with E-state index in [1.165, 1.54) is 23.5 Å².